The Balaban J connectivity index is 2.09. The van der Waals surface area contributed by atoms with Gasteiger partial charge in [0.1, 0.15) is 12.4 Å². The van der Waals surface area contributed by atoms with Crippen molar-refractivity contribution in [3.05, 3.63) is 52.3 Å². The number of nitrogens with zero attached hydrogens (tertiary/aromatic N) is 2. The molecule has 136 valence electrons. The minimum Gasteiger partial charge on any atom is -0.491 e. The minimum atomic E-state index is 0.690. The van der Waals surface area contributed by atoms with Gasteiger partial charge < -0.3 is 9.64 Å². The van der Waals surface area contributed by atoms with E-state index in [0.29, 0.717) is 6.61 Å². The van der Waals surface area contributed by atoms with E-state index < -0.39 is 0 Å². The average molecular weight is 341 g/mol. The van der Waals surface area contributed by atoms with E-state index in [2.05, 4.69) is 69.6 Å². The molecule has 2 aromatic rings. The molecule has 0 aliphatic rings. The Morgan fingerprint density at radius 3 is 2.24 bits per heavy atom. The van der Waals surface area contributed by atoms with Crippen LogP contribution in [0.5, 0.6) is 5.75 Å². The van der Waals surface area contributed by atoms with Gasteiger partial charge in [0.15, 0.2) is 0 Å². The maximum Gasteiger partial charge on any atom is 0.125 e. The molecule has 0 N–H and O–H groups in total. The lowest BCUT2D eigenvalue weighted by molar-refractivity contribution is 0.319. The molecule has 1 aromatic carbocycles. The van der Waals surface area contributed by atoms with Crippen molar-refractivity contribution in [3.8, 4) is 5.75 Å². The van der Waals surface area contributed by atoms with Crippen molar-refractivity contribution in [2.75, 3.05) is 24.6 Å². The van der Waals surface area contributed by atoms with Crippen molar-refractivity contribution < 1.29 is 4.74 Å². The summed E-state index contributed by atoms with van der Waals surface area (Å²) in [7, 11) is 0. The number of ether oxygens (including phenoxy) is 1. The molecule has 0 unspecified atom stereocenters. The summed E-state index contributed by atoms with van der Waals surface area (Å²) in [5.74, 6) is 1.03. The van der Waals surface area contributed by atoms with Crippen LogP contribution in [0.1, 0.15) is 47.7 Å². The van der Waals surface area contributed by atoms with Crippen LogP contribution in [-0.2, 0) is 0 Å². The van der Waals surface area contributed by atoms with Gasteiger partial charge in [-0.25, -0.2) is 0 Å². The molecule has 0 aliphatic carbocycles. The highest BCUT2D eigenvalue weighted by molar-refractivity contribution is 5.53. The van der Waals surface area contributed by atoms with Crippen molar-refractivity contribution in [3.63, 3.8) is 0 Å². The zero-order valence-corrected chi connectivity index (χ0v) is 16.6. The van der Waals surface area contributed by atoms with Gasteiger partial charge in [-0.15, -0.1) is 0 Å². The predicted molar refractivity (Wildman–Crippen MR) is 107 cm³/mol. The van der Waals surface area contributed by atoms with Gasteiger partial charge in [0.2, 0.25) is 0 Å². The lowest BCUT2D eigenvalue weighted by atomic mass is 10.1. The predicted octanol–water partition coefficient (Wildman–Crippen LogP) is 5.31. The van der Waals surface area contributed by atoms with E-state index in [4.69, 9.17) is 4.74 Å². The summed E-state index contributed by atoms with van der Waals surface area (Å²) in [6.45, 7) is 15.4. The van der Waals surface area contributed by atoms with Crippen LogP contribution in [0.3, 0.4) is 0 Å². The second-order valence-corrected chi connectivity index (χ2v) is 7.03. The van der Waals surface area contributed by atoms with Crippen molar-refractivity contribution >= 4 is 5.69 Å². The first-order valence-electron chi connectivity index (χ1n) is 9.31. The number of rotatable bonds is 8. The molecule has 25 heavy (non-hydrogen) atoms. The fraction of sp³-hybridized carbons (Fsp3) is 0.500. The molecule has 0 fully saturated rings. The SMILES string of the molecule is CCCCN(CCOc1c(C)cc(C)cc1C)c1cc(C)ncc1C. The molecule has 1 aromatic heterocycles. The molecule has 0 spiro atoms. The Labute approximate surface area is 153 Å². The maximum atomic E-state index is 6.17. The summed E-state index contributed by atoms with van der Waals surface area (Å²) in [5, 5.41) is 0. The van der Waals surface area contributed by atoms with Crippen LogP contribution in [0.2, 0.25) is 0 Å². The topological polar surface area (TPSA) is 25.4 Å². The Morgan fingerprint density at radius 1 is 0.920 bits per heavy atom. The number of aromatic nitrogens is 1. The second-order valence-electron chi connectivity index (χ2n) is 7.03. The molecule has 3 nitrogen and oxygen atoms in total. The van der Waals surface area contributed by atoms with E-state index >= 15 is 0 Å². The van der Waals surface area contributed by atoms with E-state index in [0.717, 1.165) is 24.5 Å². The molecule has 0 aliphatic heterocycles. The second kappa shape index (κ2) is 8.89. The quantitative estimate of drug-likeness (QED) is 0.651. The van der Waals surface area contributed by atoms with Gasteiger partial charge in [-0.05, 0) is 63.8 Å². The van der Waals surface area contributed by atoms with E-state index in [1.807, 2.05) is 6.20 Å². The van der Waals surface area contributed by atoms with Crippen LogP contribution < -0.4 is 9.64 Å². The summed E-state index contributed by atoms with van der Waals surface area (Å²) in [6, 6.07) is 6.56. The first-order valence-corrected chi connectivity index (χ1v) is 9.31. The number of hydrogen-bond donors (Lipinski definition) is 0. The van der Waals surface area contributed by atoms with Crippen LogP contribution in [-0.4, -0.2) is 24.7 Å². The number of benzene rings is 1. The zero-order chi connectivity index (χ0) is 18.4. The van der Waals surface area contributed by atoms with Crippen molar-refractivity contribution in [1.82, 2.24) is 4.98 Å². The molecule has 0 atom stereocenters. The molecular formula is C22H32N2O. The van der Waals surface area contributed by atoms with Crippen LogP contribution in [0.25, 0.3) is 0 Å². The third-order valence-electron chi connectivity index (χ3n) is 4.55. The van der Waals surface area contributed by atoms with Gasteiger partial charge in [-0.2, -0.15) is 0 Å². The third kappa shape index (κ3) is 5.22. The number of pyridine rings is 1. The van der Waals surface area contributed by atoms with Crippen molar-refractivity contribution in [2.45, 2.75) is 54.4 Å². The Hall–Kier alpha value is -2.03. The van der Waals surface area contributed by atoms with E-state index in [1.165, 1.54) is 40.8 Å². The Bertz CT molecular complexity index is 686. The van der Waals surface area contributed by atoms with Gasteiger partial charge in [0, 0.05) is 24.1 Å². The molecule has 3 heteroatoms. The highest BCUT2D eigenvalue weighted by Gasteiger charge is 2.11. The largest absolute Gasteiger partial charge is 0.491 e. The van der Waals surface area contributed by atoms with Crippen LogP contribution >= 0.6 is 0 Å². The lowest BCUT2D eigenvalue weighted by Gasteiger charge is -2.27. The van der Waals surface area contributed by atoms with Crippen molar-refractivity contribution in [1.29, 1.82) is 0 Å². The van der Waals surface area contributed by atoms with E-state index in [-0.39, 0.29) is 0 Å². The lowest BCUT2D eigenvalue weighted by Crippen LogP contribution is -2.30. The molecule has 0 bridgehead atoms. The Morgan fingerprint density at radius 2 is 1.60 bits per heavy atom. The van der Waals surface area contributed by atoms with Gasteiger partial charge in [0.05, 0.1) is 6.54 Å². The summed E-state index contributed by atoms with van der Waals surface area (Å²) in [4.78, 5) is 6.84. The smallest absolute Gasteiger partial charge is 0.125 e. The number of anilines is 1. The van der Waals surface area contributed by atoms with Crippen LogP contribution in [0, 0.1) is 34.6 Å². The minimum absolute atomic E-state index is 0.690. The maximum absolute atomic E-state index is 6.17. The third-order valence-corrected chi connectivity index (χ3v) is 4.55. The molecule has 2 rings (SSSR count). The normalized spacial score (nSPS) is 10.8. The number of aryl methyl sites for hydroxylation is 5. The average Bonchev–Trinajstić information content (AvgIpc) is 2.55. The standard InChI is InChI=1S/C22H32N2O/c1-7-8-9-24(21-14-20(6)23-15-19(21)5)10-11-25-22-17(3)12-16(2)13-18(22)4/h12-15H,7-11H2,1-6H3. The summed E-state index contributed by atoms with van der Waals surface area (Å²) in [6.07, 6.45) is 4.35. The fourth-order valence-corrected chi connectivity index (χ4v) is 3.31. The number of hydrogen-bond acceptors (Lipinski definition) is 3. The van der Waals surface area contributed by atoms with Crippen LogP contribution in [0.15, 0.2) is 24.4 Å². The molecule has 1 heterocycles. The van der Waals surface area contributed by atoms with Gasteiger partial charge in [-0.1, -0.05) is 31.0 Å². The van der Waals surface area contributed by atoms with Gasteiger partial charge in [0.25, 0.3) is 0 Å². The fourth-order valence-electron chi connectivity index (χ4n) is 3.31. The summed E-state index contributed by atoms with van der Waals surface area (Å²) >= 11 is 0. The summed E-state index contributed by atoms with van der Waals surface area (Å²) in [5.41, 5.74) is 7.29. The molecular weight excluding hydrogens is 308 g/mol. The summed E-state index contributed by atoms with van der Waals surface area (Å²) < 4.78 is 6.17. The highest BCUT2D eigenvalue weighted by atomic mass is 16.5. The molecule has 0 amide bonds. The first-order chi connectivity index (χ1) is 11.9. The van der Waals surface area contributed by atoms with Crippen LogP contribution in [0.4, 0.5) is 5.69 Å². The zero-order valence-electron chi connectivity index (χ0n) is 16.6. The highest BCUT2D eigenvalue weighted by Crippen LogP contribution is 2.25. The molecule has 0 saturated carbocycles. The van der Waals surface area contributed by atoms with Crippen molar-refractivity contribution in [2.24, 2.45) is 0 Å². The number of unbranched alkanes of at least 4 members (excludes halogenated alkanes) is 1. The molecule has 0 saturated heterocycles. The van der Waals surface area contributed by atoms with E-state index in [9.17, 15) is 0 Å². The Kier molecular flexibility index (Phi) is 6.86. The molecule has 0 radical (unpaired) electrons. The first kappa shape index (κ1) is 19.3. The monoisotopic (exact) mass is 340 g/mol. The van der Waals surface area contributed by atoms with E-state index in [1.54, 1.807) is 0 Å². The van der Waals surface area contributed by atoms with Gasteiger partial charge in [-0.3, -0.25) is 4.98 Å². The van der Waals surface area contributed by atoms with Gasteiger partial charge >= 0.3 is 0 Å².